The first-order valence-electron chi connectivity index (χ1n) is 8.20. The van der Waals surface area contributed by atoms with Crippen LogP contribution in [0.1, 0.15) is 17.5 Å². The van der Waals surface area contributed by atoms with Gasteiger partial charge in [0.15, 0.2) is 11.6 Å². The fourth-order valence-corrected chi connectivity index (χ4v) is 3.31. The molecule has 0 aliphatic carbocycles. The summed E-state index contributed by atoms with van der Waals surface area (Å²) in [5, 5.41) is -0.0838. The highest BCUT2D eigenvalue weighted by Gasteiger charge is 2.34. The minimum atomic E-state index is -4.54. The van der Waals surface area contributed by atoms with Crippen molar-refractivity contribution in [2.24, 2.45) is 0 Å². The Kier molecular flexibility index (Phi) is 6.04. The van der Waals surface area contributed by atoms with Crippen molar-refractivity contribution in [2.45, 2.75) is 30.5 Å². The Bertz CT molecular complexity index is 833. The van der Waals surface area contributed by atoms with Gasteiger partial charge in [0, 0.05) is 35.8 Å². The SMILES string of the molecule is Fc1cc(F)c(COC[C@@H]2C[C@@H](S)CN2c2ncc(C(F)(F)F)cn2)cc1F. The second-order valence-electron chi connectivity index (χ2n) is 6.34. The van der Waals surface area contributed by atoms with E-state index in [9.17, 15) is 26.3 Å². The Hall–Kier alpha value is -2.01. The number of halogens is 6. The predicted molar refractivity (Wildman–Crippen MR) is 91.5 cm³/mol. The average Bonchev–Trinajstić information content (AvgIpc) is 2.99. The zero-order valence-electron chi connectivity index (χ0n) is 14.3. The summed E-state index contributed by atoms with van der Waals surface area (Å²) in [7, 11) is 0. The molecule has 0 amide bonds. The van der Waals surface area contributed by atoms with Gasteiger partial charge in [0.05, 0.1) is 24.8 Å². The lowest BCUT2D eigenvalue weighted by Gasteiger charge is -2.24. The molecule has 1 aromatic heterocycles. The summed E-state index contributed by atoms with van der Waals surface area (Å²) in [5.74, 6) is -3.31. The van der Waals surface area contributed by atoms with Gasteiger partial charge in [0.2, 0.25) is 5.95 Å². The number of ether oxygens (including phenoxy) is 1. The van der Waals surface area contributed by atoms with Crippen LogP contribution >= 0.6 is 12.6 Å². The molecule has 0 radical (unpaired) electrons. The van der Waals surface area contributed by atoms with Crippen LogP contribution in [-0.2, 0) is 17.5 Å². The van der Waals surface area contributed by atoms with Crippen molar-refractivity contribution in [3.05, 3.63) is 53.1 Å². The molecule has 3 rings (SSSR count). The summed E-state index contributed by atoms with van der Waals surface area (Å²) in [6.07, 6.45) is -2.61. The number of hydrogen-bond donors (Lipinski definition) is 1. The van der Waals surface area contributed by atoms with E-state index in [4.69, 9.17) is 4.74 Å². The number of thiol groups is 1. The average molecular weight is 423 g/mol. The van der Waals surface area contributed by atoms with Gasteiger partial charge in [-0.05, 0) is 12.5 Å². The number of aromatic nitrogens is 2. The van der Waals surface area contributed by atoms with Gasteiger partial charge in [-0.3, -0.25) is 0 Å². The van der Waals surface area contributed by atoms with Gasteiger partial charge in [0.25, 0.3) is 0 Å². The third kappa shape index (κ3) is 4.69. The molecule has 0 unspecified atom stereocenters. The number of nitrogens with zero attached hydrogens (tertiary/aromatic N) is 3. The van der Waals surface area contributed by atoms with Gasteiger partial charge < -0.3 is 9.64 Å². The maximum absolute atomic E-state index is 13.6. The zero-order chi connectivity index (χ0) is 20.5. The first kappa shape index (κ1) is 20.7. The number of anilines is 1. The van der Waals surface area contributed by atoms with E-state index >= 15 is 0 Å². The molecular formula is C17H15F6N3OS. The molecule has 2 heterocycles. The molecule has 1 aliphatic rings. The Morgan fingerprint density at radius 2 is 1.71 bits per heavy atom. The van der Waals surface area contributed by atoms with Crippen molar-refractivity contribution in [3.8, 4) is 0 Å². The molecular weight excluding hydrogens is 408 g/mol. The van der Waals surface area contributed by atoms with Crippen molar-refractivity contribution in [1.82, 2.24) is 9.97 Å². The van der Waals surface area contributed by atoms with E-state index in [1.54, 1.807) is 4.90 Å². The molecule has 1 fully saturated rings. The lowest BCUT2D eigenvalue weighted by atomic mass is 10.2. The monoisotopic (exact) mass is 423 g/mol. The highest BCUT2D eigenvalue weighted by molar-refractivity contribution is 7.81. The van der Waals surface area contributed by atoms with Gasteiger partial charge in [-0.1, -0.05) is 0 Å². The molecule has 0 N–H and O–H groups in total. The second-order valence-corrected chi connectivity index (χ2v) is 7.07. The van der Waals surface area contributed by atoms with Crippen LogP contribution in [0.15, 0.2) is 24.5 Å². The Morgan fingerprint density at radius 3 is 2.36 bits per heavy atom. The summed E-state index contributed by atoms with van der Waals surface area (Å²) in [6, 6.07) is 0.847. The van der Waals surface area contributed by atoms with Crippen LogP contribution in [-0.4, -0.2) is 34.4 Å². The van der Waals surface area contributed by atoms with Crippen LogP contribution in [0.4, 0.5) is 32.3 Å². The predicted octanol–water partition coefficient (Wildman–Crippen LogP) is 4.01. The van der Waals surface area contributed by atoms with E-state index in [1.165, 1.54) is 0 Å². The topological polar surface area (TPSA) is 38.2 Å². The first-order chi connectivity index (χ1) is 13.1. The summed E-state index contributed by atoms with van der Waals surface area (Å²) in [4.78, 5) is 9.19. The van der Waals surface area contributed by atoms with Gasteiger partial charge in [-0.15, -0.1) is 0 Å². The van der Waals surface area contributed by atoms with Gasteiger partial charge in [-0.2, -0.15) is 25.8 Å². The van der Waals surface area contributed by atoms with Gasteiger partial charge in [-0.25, -0.2) is 23.1 Å². The second kappa shape index (κ2) is 8.16. The van der Waals surface area contributed by atoms with E-state index in [0.29, 0.717) is 31.4 Å². The zero-order valence-corrected chi connectivity index (χ0v) is 15.2. The standard InChI is InChI=1S/C17H15F6N3OS/c18-13-3-15(20)14(19)1-9(13)7-27-8-11-2-12(28)6-26(11)16-24-4-10(5-25-16)17(21,22)23/h1,3-5,11-12,28H,2,6-8H2/t11-,12+/m0/s1. The van der Waals surface area contributed by atoms with Crippen LogP contribution in [0.2, 0.25) is 0 Å². The largest absolute Gasteiger partial charge is 0.419 e. The van der Waals surface area contributed by atoms with Crippen molar-refractivity contribution in [3.63, 3.8) is 0 Å². The molecule has 1 aromatic carbocycles. The van der Waals surface area contributed by atoms with Crippen molar-refractivity contribution >= 4 is 18.6 Å². The van der Waals surface area contributed by atoms with E-state index in [2.05, 4.69) is 22.6 Å². The molecule has 2 atom stereocenters. The molecule has 11 heteroatoms. The highest BCUT2D eigenvalue weighted by atomic mass is 32.1. The third-order valence-corrected chi connectivity index (χ3v) is 4.65. The quantitative estimate of drug-likeness (QED) is 0.448. The van der Waals surface area contributed by atoms with Gasteiger partial charge in [0.1, 0.15) is 5.82 Å². The summed E-state index contributed by atoms with van der Waals surface area (Å²) in [5.41, 5.74) is -1.10. The minimum absolute atomic E-state index is 0.0554. The fraction of sp³-hybridized carbons (Fsp3) is 0.412. The van der Waals surface area contributed by atoms with Crippen LogP contribution in [0.5, 0.6) is 0 Å². The molecule has 0 saturated carbocycles. The van der Waals surface area contributed by atoms with E-state index in [-0.39, 0.29) is 36.0 Å². The molecule has 0 bridgehead atoms. The van der Waals surface area contributed by atoms with Crippen LogP contribution in [0.25, 0.3) is 0 Å². The number of hydrogen-bond acceptors (Lipinski definition) is 5. The van der Waals surface area contributed by atoms with Crippen molar-refractivity contribution in [1.29, 1.82) is 0 Å². The lowest BCUT2D eigenvalue weighted by Crippen LogP contribution is -2.34. The lowest BCUT2D eigenvalue weighted by molar-refractivity contribution is -0.138. The Morgan fingerprint density at radius 1 is 1.07 bits per heavy atom. The van der Waals surface area contributed by atoms with Crippen molar-refractivity contribution in [2.75, 3.05) is 18.1 Å². The molecule has 1 saturated heterocycles. The maximum atomic E-state index is 13.6. The molecule has 1 aliphatic heterocycles. The molecule has 2 aromatic rings. The summed E-state index contributed by atoms with van der Waals surface area (Å²) < 4.78 is 83.2. The van der Waals surface area contributed by atoms with Gasteiger partial charge >= 0.3 is 6.18 Å². The fourth-order valence-electron chi connectivity index (χ4n) is 2.89. The van der Waals surface area contributed by atoms with Crippen molar-refractivity contribution < 1.29 is 31.1 Å². The number of rotatable bonds is 5. The molecule has 152 valence electrons. The summed E-state index contributed by atoms with van der Waals surface area (Å²) >= 11 is 4.38. The number of benzene rings is 1. The molecule has 4 nitrogen and oxygen atoms in total. The van der Waals surface area contributed by atoms with Crippen LogP contribution in [0, 0.1) is 17.5 Å². The minimum Gasteiger partial charge on any atom is -0.375 e. The normalized spacial score (nSPS) is 20.0. The third-order valence-electron chi connectivity index (χ3n) is 4.27. The number of alkyl halides is 3. The molecule has 0 spiro atoms. The Balaban J connectivity index is 1.65. The smallest absolute Gasteiger partial charge is 0.375 e. The van der Waals surface area contributed by atoms with E-state index in [1.807, 2.05) is 0 Å². The van der Waals surface area contributed by atoms with Crippen LogP contribution in [0.3, 0.4) is 0 Å². The van der Waals surface area contributed by atoms with E-state index < -0.39 is 29.2 Å². The van der Waals surface area contributed by atoms with Crippen LogP contribution < -0.4 is 4.90 Å². The maximum Gasteiger partial charge on any atom is 0.419 e. The Labute approximate surface area is 161 Å². The van der Waals surface area contributed by atoms with E-state index in [0.717, 1.165) is 6.07 Å². The first-order valence-corrected chi connectivity index (χ1v) is 8.72. The highest BCUT2D eigenvalue weighted by Crippen LogP contribution is 2.30. The summed E-state index contributed by atoms with van der Waals surface area (Å²) in [6.45, 7) is 0.153. The molecule has 28 heavy (non-hydrogen) atoms.